The van der Waals surface area contributed by atoms with Crippen LogP contribution in [0.5, 0.6) is 11.5 Å². The average molecular weight is 405 g/mol. The third kappa shape index (κ3) is 7.28. The van der Waals surface area contributed by atoms with Crippen LogP contribution in [0.15, 0.2) is 72.1 Å². The van der Waals surface area contributed by atoms with Crippen molar-refractivity contribution < 1.29 is 18.1 Å². The van der Waals surface area contributed by atoms with Crippen molar-refractivity contribution in [3.05, 3.63) is 72.1 Å². The first-order chi connectivity index (χ1) is 12.5. The molecule has 27 heavy (non-hydrogen) atoms. The predicted octanol–water partition coefficient (Wildman–Crippen LogP) is 7.08. The topological polar surface area (TPSA) is 44.8 Å². The molecule has 0 aromatic heterocycles. The summed E-state index contributed by atoms with van der Waals surface area (Å²) in [5, 5.41) is 0. The molecule has 0 N–H and O–H groups in total. The molecule has 0 radical (unpaired) electrons. The fraction of sp³-hybridized carbons (Fsp3) is 0.333. The molecular formula is C21H29O4PSi. The van der Waals surface area contributed by atoms with Gasteiger partial charge in [-0.05, 0) is 24.3 Å². The quantitative estimate of drug-likeness (QED) is 0.281. The lowest BCUT2D eigenvalue weighted by Gasteiger charge is -2.29. The molecule has 6 heteroatoms. The average Bonchev–Trinajstić information content (AvgIpc) is 2.53. The van der Waals surface area contributed by atoms with E-state index >= 15 is 0 Å². The summed E-state index contributed by atoms with van der Waals surface area (Å²) in [6.45, 7) is 12.7. The van der Waals surface area contributed by atoms with Crippen LogP contribution >= 0.6 is 7.82 Å². The molecule has 146 valence electrons. The lowest BCUT2D eigenvalue weighted by molar-refractivity contribution is 0.213. The van der Waals surface area contributed by atoms with E-state index in [9.17, 15) is 4.57 Å². The first-order valence-electron chi connectivity index (χ1n) is 8.99. The van der Waals surface area contributed by atoms with Crippen LogP contribution in [0.4, 0.5) is 0 Å². The summed E-state index contributed by atoms with van der Waals surface area (Å²) in [6.07, 6.45) is 0. The monoisotopic (exact) mass is 404 g/mol. The van der Waals surface area contributed by atoms with Crippen molar-refractivity contribution in [1.29, 1.82) is 0 Å². The minimum Gasteiger partial charge on any atom is -0.391 e. The summed E-state index contributed by atoms with van der Waals surface area (Å²) < 4.78 is 31.1. The molecule has 0 atom stereocenters. The number of rotatable bonds is 7. The molecule has 0 spiro atoms. The first kappa shape index (κ1) is 21.3. The minimum atomic E-state index is -3.95. The Morgan fingerprint density at radius 3 is 1.59 bits per heavy atom. The van der Waals surface area contributed by atoms with Gasteiger partial charge in [-0.15, -0.1) is 0 Å². The highest BCUT2D eigenvalue weighted by atomic mass is 31.2. The van der Waals surface area contributed by atoms with Crippen molar-refractivity contribution in [2.24, 2.45) is 5.41 Å². The normalized spacial score (nSPS) is 13.2. The number of allylic oxidation sites excluding steroid dienone is 1. The van der Waals surface area contributed by atoms with Gasteiger partial charge in [0.1, 0.15) is 17.3 Å². The zero-order valence-electron chi connectivity index (χ0n) is 16.9. The van der Waals surface area contributed by atoms with E-state index in [0.29, 0.717) is 17.3 Å². The molecule has 0 aliphatic heterocycles. The molecule has 0 bridgehead atoms. The molecule has 0 saturated carbocycles. The third-order valence-corrected chi connectivity index (χ3v) is 5.85. The van der Waals surface area contributed by atoms with Gasteiger partial charge < -0.3 is 13.6 Å². The van der Waals surface area contributed by atoms with E-state index in [-0.39, 0.29) is 5.41 Å². The SMILES string of the molecule is CC(C)(C)/C(=C/[Si](C)(C)C)OP(=O)(Oc1ccccc1)Oc1ccccc1. The first-order valence-corrected chi connectivity index (χ1v) is 14.0. The van der Waals surface area contributed by atoms with Crippen molar-refractivity contribution in [3.8, 4) is 11.5 Å². The van der Waals surface area contributed by atoms with Crippen LogP contribution in [0, 0.1) is 5.41 Å². The van der Waals surface area contributed by atoms with E-state index < -0.39 is 15.9 Å². The van der Waals surface area contributed by atoms with Crippen LogP contribution in [0.2, 0.25) is 19.6 Å². The van der Waals surface area contributed by atoms with Crippen LogP contribution in [-0.2, 0) is 9.09 Å². The van der Waals surface area contributed by atoms with Crippen LogP contribution < -0.4 is 9.05 Å². The van der Waals surface area contributed by atoms with Crippen LogP contribution in [-0.4, -0.2) is 8.07 Å². The summed E-state index contributed by atoms with van der Waals surface area (Å²) in [4.78, 5) is 0. The Labute approximate surface area is 163 Å². The third-order valence-electron chi connectivity index (χ3n) is 3.43. The summed E-state index contributed by atoms with van der Waals surface area (Å²) in [6, 6.07) is 17.9. The van der Waals surface area contributed by atoms with Crippen LogP contribution in [0.25, 0.3) is 0 Å². The summed E-state index contributed by atoms with van der Waals surface area (Å²) in [7, 11) is -5.58. The van der Waals surface area contributed by atoms with Crippen molar-refractivity contribution in [3.63, 3.8) is 0 Å². The Kier molecular flexibility index (Phi) is 6.61. The van der Waals surface area contributed by atoms with E-state index in [0.717, 1.165) is 0 Å². The molecule has 0 unspecified atom stereocenters. The maximum absolute atomic E-state index is 13.6. The minimum absolute atomic E-state index is 0.337. The fourth-order valence-electron chi connectivity index (χ4n) is 2.17. The van der Waals surface area contributed by atoms with Gasteiger partial charge in [0.25, 0.3) is 0 Å². The molecule has 2 rings (SSSR count). The van der Waals surface area contributed by atoms with Gasteiger partial charge >= 0.3 is 7.82 Å². The van der Waals surface area contributed by atoms with E-state index in [2.05, 4.69) is 25.3 Å². The van der Waals surface area contributed by atoms with Gasteiger partial charge in [0, 0.05) is 5.41 Å². The standard InChI is InChI=1S/C21H29O4PSi/c1-21(2,3)20(17-27(4,5)6)25-26(22,23-18-13-9-7-10-14-18)24-19-15-11-8-12-16-19/h7-17H,1-6H3/b20-17-. The number of hydrogen-bond donors (Lipinski definition) is 0. The molecule has 0 amide bonds. The highest BCUT2D eigenvalue weighted by Crippen LogP contribution is 2.53. The molecule has 2 aromatic carbocycles. The van der Waals surface area contributed by atoms with Gasteiger partial charge in [0.2, 0.25) is 0 Å². The number of para-hydroxylation sites is 2. The molecule has 0 aliphatic rings. The van der Waals surface area contributed by atoms with Gasteiger partial charge in [-0.2, -0.15) is 4.57 Å². The molecule has 0 saturated heterocycles. The zero-order valence-corrected chi connectivity index (χ0v) is 18.8. The largest absolute Gasteiger partial charge is 0.646 e. The van der Waals surface area contributed by atoms with Gasteiger partial charge in [-0.3, -0.25) is 0 Å². The Morgan fingerprint density at radius 2 is 1.26 bits per heavy atom. The number of phosphoric acid groups is 1. The van der Waals surface area contributed by atoms with E-state index in [1.165, 1.54) is 0 Å². The lowest BCUT2D eigenvalue weighted by Crippen LogP contribution is -2.23. The number of phosphoric ester groups is 1. The van der Waals surface area contributed by atoms with Gasteiger partial charge in [0.15, 0.2) is 0 Å². The number of benzene rings is 2. The lowest BCUT2D eigenvalue weighted by atomic mass is 9.95. The van der Waals surface area contributed by atoms with Gasteiger partial charge in [0.05, 0.1) is 8.07 Å². The fourth-order valence-corrected chi connectivity index (χ4v) is 4.99. The molecule has 2 aromatic rings. The maximum atomic E-state index is 13.6. The van der Waals surface area contributed by atoms with E-state index in [4.69, 9.17) is 13.6 Å². The van der Waals surface area contributed by atoms with Crippen molar-refractivity contribution in [2.75, 3.05) is 0 Å². The molecule has 0 heterocycles. The second kappa shape index (κ2) is 8.36. The summed E-state index contributed by atoms with van der Waals surface area (Å²) >= 11 is 0. The Balaban J connectivity index is 2.41. The van der Waals surface area contributed by atoms with Crippen molar-refractivity contribution >= 4 is 15.9 Å². The highest BCUT2D eigenvalue weighted by Gasteiger charge is 2.37. The van der Waals surface area contributed by atoms with Crippen molar-refractivity contribution in [2.45, 2.75) is 40.4 Å². The second-order valence-corrected chi connectivity index (χ2v) is 14.9. The smallest absolute Gasteiger partial charge is 0.391 e. The molecule has 4 nitrogen and oxygen atoms in total. The molecule has 0 aliphatic carbocycles. The van der Waals surface area contributed by atoms with Gasteiger partial charge in [-0.1, -0.05) is 82.5 Å². The second-order valence-electron chi connectivity index (χ2n) is 8.47. The highest BCUT2D eigenvalue weighted by molar-refractivity contribution is 7.49. The van der Waals surface area contributed by atoms with Crippen LogP contribution in [0.1, 0.15) is 20.8 Å². The van der Waals surface area contributed by atoms with Gasteiger partial charge in [-0.25, -0.2) is 0 Å². The van der Waals surface area contributed by atoms with E-state index in [1.54, 1.807) is 24.3 Å². The Morgan fingerprint density at radius 1 is 0.852 bits per heavy atom. The summed E-state index contributed by atoms with van der Waals surface area (Å²) in [5.74, 6) is 1.48. The molecule has 0 fully saturated rings. The number of hydrogen-bond acceptors (Lipinski definition) is 4. The molecular weight excluding hydrogens is 375 g/mol. The Hall–Kier alpha value is -1.97. The van der Waals surface area contributed by atoms with E-state index in [1.807, 2.05) is 57.2 Å². The van der Waals surface area contributed by atoms with Crippen molar-refractivity contribution in [1.82, 2.24) is 0 Å². The maximum Gasteiger partial charge on any atom is 0.646 e. The van der Waals surface area contributed by atoms with Crippen LogP contribution in [0.3, 0.4) is 0 Å². The summed E-state index contributed by atoms with van der Waals surface area (Å²) in [5.41, 5.74) is 1.76. The Bertz CT molecular complexity index is 760. The predicted molar refractivity (Wildman–Crippen MR) is 114 cm³/mol. The zero-order chi connectivity index (χ0) is 20.1.